The quantitative estimate of drug-likeness (QED) is 0.799. The van der Waals surface area contributed by atoms with E-state index in [4.69, 9.17) is 11.0 Å². The molecule has 0 heterocycles. The summed E-state index contributed by atoms with van der Waals surface area (Å²) in [6.07, 6.45) is 0. The summed E-state index contributed by atoms with van der Waals surface area (Å²) in [6.45, 7) is 0. The Morgan fingerprint density at radius 1 is 1.06 bits per heavy atom. The highest BCUT2D eigenvalue weighted by atomic mass is 32.2. The molecule has 0 saturated carbocycles. The Kier molecular flexibility index (Phi) is 3.13. The molecule has 2 aromatic carbocycles. The molecule has 0 saturated heterocycles. The zero-order valence-corrected chi connectivity index (χ0v) is 9.37. The number of hydrogen-bond acceptors (Lipinski definition) is 3. The summed E-state index contributed by atoms with van der Waals surface area (Å²) < 4.78 is 0. The third-order valence-electron chi connectivity index (χ3n) is 2.11. The molecule has 2 nitrogen and oxygen atoms in total. The Bertz CT molecular complexity index is 544. The highest BCUT2D eigenvalue weighted by molar-refractivity contribution is 7.99. The Hall–Kier alpha value is -1.92. The van der Waals surface area contributed by atoms with Crippen LogP contribution in [0.3, 0.4) is 0 Å². The maximum absolute atomic E-state index is 8.80. The molecule has 0 aromatic heterocycles. The maximum Gasteiger partial charge on any atom is 0.0992 e. The van der Waals surface area contributed by atoms with Crippen LogP contribution in [0.25, 0.3) is 0 Å². The van der Waals surface area contributed by atoms with Gasteiger partial charge < -0.3 is 5.73 Å². The van der Waals surface area contributed by atoms with Gasteiger partial charge >= 0.3 is 0 Å². The Morgan fingerprint density at radius 2 is 1.88 bits per heavy atom. The summed E-state index contributed by atoms with van der Waals surface area (Å²) in [4.78, 5) is 2.04. The molecule has 0 amide bonds. The average Bonchev–Trinajstić information content (AvgIpc) is 2.32. The molecular formula is C13H10N2S. The number of nitrogens with two attached hydrogens (primary N) is 1. The number of nitrogens with zero attached hydrogens (tertiary/aromatic N) is 1. The summed E-state index contributed by atoms with van der Waals surface area (Å²) in [5, 5.41) is 8.80. The second kappa shape index (κ2) is 4.73. The minimum atomic E-state index is 0.666. The summed E-state index contributed by atoms with van der Waals surface area (Å²) >= 11 is 1.57. The normalized spacial score (nSPS) is 9.69. The van der Waals surface area contributed by atoms with Gasteiger partial charge in [0.15, 0.2) is 0 Å². The highest BCUT2D eigenvalue weighted by Gasteiger charge is 2.01. The molecule has 78 valence electrons. The van der Waals surface area contributed by atoms with Gasteiger partial charge in [0.1, 0.15) is 0 Å². The minimum Gasteiger partial charge on any atom is -0.398 e. The van der Waals surface area contributed by atoms with Crippen LogP contribution in [0.2, 0.25) is 0 Å². The topological polar surface area (TPSA) is 49.8 Å². The van der Waals surface area contributed by atoms with Gasteiger partial charge in [-0.3, -0.25) is 0 Å². The number of anilines is 1. The molecular weight excluding hydrogens is 216 g/mol. The third kappa shape index (κ3) is 2.36. The lowest BCUT2D eigenvalue weighted by Gasteiger charge is -2.04. The zero-order valence-electron chi connectivity index (χ0n) is 8.55. The fraction of sp³-hybridized carbons (Fsp3) is 0. The van der Waals surface area contributed by atoms with Gasteiger partial charge in [-0.2, -0.15) is 5.26 Å². The first-order valence-electron chi connectivity index (χ1n) is 4.82. The number of nitrogen functional groups attached to an aromatic ring is 1. The van der Waals surface area contributed by atoms with Crippen molar-refractivity contribution in [1.82, 2.24) is 0 Å². The smallest absolute Gasteiger partial charge is 0.0992 e. The van der Waals surface area contributed by atoms with Crippen molar-refractivity contribution in [2.45, 2.75) is 9.79 Å². The lowest BCUT2D eigenvalue weighted by atomic mass is 10.2. The van der Waals surface area contributed by atoms with Crippen molar-refractivity contribution in [3.63, 3.8) is 0 Å². The van der Waals surface area contributed by atoms with Crippen molar-refractivity contribution in [2.75, 3.05) is 5.73 Å². The molecule has 0 aliphatic heterocycles. The summed E-state index contributed by atoms with van der Waals surface area (Å²) in [5.74, 6) is 0. The van der Waals surface area contributed by atoms with Gasteiger partial charge in [-0.15, -0.1) is 0 Å². The molecule has 0 aliphatic carbocycles. The van der Waals surface area contributed by atoms with Crippen LogP contribution in [0.15, 0.2) is 58.3 Å². The zero-order chi connectivity index (χ0) is 11.4. The molecule has 0 atom stereocenters. The standard InChI is InChI=1S/C13H10N2S/c14-9-10-4-3-5-11(8-10)16-13-7-2-1-6-12(13)15/h1-8H,15H2. The van der Waals surface area contributed by atoms with Crippen molar-refractivity contribution >= 4 is 17.4 Å². The summed E-state index contributed by atoms with van der Waals surface area (Å²) in [6, 6.07) is 17.3. The second-order valence-corrected chi connectivity index (χ2v) is 4.39. The number of rotatable bonds is 2. The highest BCUT2D eigenvalue weighted by Crippen LogP contribution is 2.31. The van der Waals surface area contributed by atoms with Crippen LogP contribution in [-0.4, -0.2) is 0 Å². The molecule has 0 fully saturated rings. The van der Waals surface area contributed by atoms with E-state index in [1.807, 2.05) is 42.5 Å². The van der Waals surface area contributed by atoms with Gasteiger partial charge in [-0.1, -0.05) is 30.0 Å². The molecule has 3 heteroatoms. The van der Waals surface area contributed by atoms with E-state index in [-0.39, 0.29) is 0 Å². The van der Waals surface area contributed by atoms with Gasteiger partial charge in [-0.05, 0) is 30.3 Å². The molecule has 2 rings (SSSR count). The van der Waals surface area contributed by atoms with Gasteiger partial charge in [0.2, 0.25) is 0 Å². The van der Waals surface area contributed by atoms with Crippen LogP contribution in [0.1, 0.15) is 5.56 Å². The van der Waals surface area contributed by atoms with E-state index in [1.54, 1.807) is 17.8 Å². The van der Waals surface area contributed by atoms with Crippen LogP contribution in [0.4, 0.5) is 5.69 Å². The first kappa shape index (κ1) is 10.6. The Morgan fingerprint density at radius 3 is 2.62 bits per heavy atom. The average molecular weight is 226 g/mol. The maximum atomic E-state index is 8.80. The molecule has 2 N–H and O–H groups in total. The number of para-hydroxylation sites is 1. The Balaban J connectivity index is 2.28. The molecule has 0 bridgehead atoms. The van der Waals surface area contributed by atoms with Crippen LogP contribution >= 0.6 is 11.8 Å². The van der Waals surface area contributed by atoms with Gasteiger partial charge in [0, 0.05) is 15.5 Å². The molecule has 0 aliphatic rings. The molecule has 2 aromatic rings. The van der Waals surface area contributed by atoms with E-state index in [0.717, 1.165) is 15.5 Å². The number of benzene rings is 2. The van der Waals surface area contributed by atoms with E-state index in [2.05, 4.69) is 6.07 Å². The van der Waals surface area contributed by atoms with Crippen LogP contribution < -0.4 is 5.73 Å². The third-order valence-corrected chi connectivity index (χ3v) is 3.19. The van der Waals surface area contributed by atoms with E-state index < -0.39 is 0 Å². The van der Waals surface area contributed by atoms with E-state index in [0.29, 0.717) is 5.56 Å². The molecule has 16 heavy (non-hydrogen) atoms. The number of nitriles is 1. The Labute approximate surface area is 98.7 Å². The van der Waals surface area contributed by atoms with Gasteiger partial charge in [0.25, 0.3) is 0 Å². The van der Waals surface area contributed by atoms with E-state index in [1.165, 1.54) is 0 Å². The number of hydrogen-bond donors (Lipinski definition) is 1. The predicted molar refractivity (Wildman–Crippen MR) is 66.1 cm³/mol. The largest absolute Gasteiger partial charge is 0.398 e. The van der Waals surface area contributed by atoms with Gasteiger partial charge in [-0.25, -0.2) is 0 Å². The van der Waals surface area contributed by atoms with Crippen molar-refractivity contribution in [3.05, 3.63) is 54.1 Å². The monoisotopic (exact) mass is 226 g/mol. The predicted octanol–water partition coefficient (Wildman–Crippen LogP) is 3.29. The SMILES string of the molecule is N#Cc1cccc(Sc2ccccc2N)c1. The summed E-state index contributed by atoms with van der Waals surface area (Å²) in [5.41, 5.74) is 7.28. The first-order valence-corrected chi connectivity index (χ1v) is 5.64. The second-order valence-electron chi connectivity index (χ2n) is 3.28. The van der Waals surface area contributed by atoms with Gasteiger partial charge in [0.05, 0.1) is 11.6 Å². The lowest BCUT2D eigenvalue weighted by molar-refractivity contribution is 1.38. The summed E-state index contributed by atoms with van der Waals surface area (Å²) in [7, 11) is 0. The molecule has 0 unspecified atom stereocenters. The van der Waals surface area contributed by atoms with E-state index in [9.17, 15) is 0 Å². The lowest BCUT2D eigenvalue weighted by Crippen LogP contribution is -1.87. The van der Waals surface area contributed by atoms with E-state index >= 15 is 0 Å². The minimum absolute atomic E-state index is 0.666. The van der Waals surface area contributed by atoms with Crippen LogP contribution in [0, 0.1) is 11.3 Å². The van der Waals surface area contributed by atoms with Crippen LogP contribution in [0.5, 0.6) is 0 Å². The first-order chi connectivity index (χ1) is 7.79. The van der Waals surface area contributed by atoms with Crippen molar-refractivity contribution in [2.24, 2.45) is 0 Å². The molecule has 0 spiro atoms. The van der Waals surface area contributed by atoms with Crippen molar-refractivity contribution in [1.29, 1.82) is 5.26 Å². The fourth-order valence-corrected chi connectivity index (χ4v) is 2.25. The van der Waals surface area contributed by atoms with Crippen molar-refractivity contribution < 1.29 is 0 Å². The molecule has 0 radical (unpaired) electrons. The van der Waals surface area contributed by atoms with Crippen molar-refractivity contribution in [3.8, 4) is 6.07 Å². The fourth-order valence-electron chi connectivity index (χ4n) is 1.33. The van der Waals surface area contributed by atoms with Crippen LogP contribution in [-0.2, 0) is 0 Å².